The minimum Gasteiger partial charge on any atom is -0.365 e. The number of fused-ring (bicyclic) bond motifs is 2. The van der Waals surface area contributed by atoms with Crippen LogP contribution in [0.1, 0.15) is 0 Å². The van der Waals surface area contributed by atoms with Gasteiger partial charge in [0.25, 0.3) is 0 Å². The van der Waals surface area contributed by atoms with E-state index in [0.29, 0.717) is 6.08 Å². The van der Waals surface area contributed by atoms with Crippen molar-refractivity contribution in [2.24, 2.45) is 11.8 Å². The third-order valence-corrected chi connectivity index (χ3v) is 5.05. The van der Waals surface area contributed by atoms with Gasteiger partial charge in [0.05, 0.1) is 6.10 Å². The minimum absolute atomic E-state index is 0.0304. The fraction of sp³-hybridized carbons (Fsp3) is 0.750. The molecule has 1 saturated heterocycles. The number of alkyl halides is 2. The second-order valence-corrected chi connectivity index (χ2v) is 7.22. The van der Waals surface area contributed by atoms with Gasteiger partial charge >= 0.3 is 10.2 Å². The molecule has 102 valence electrons. The molecule has 0 radical (unpaired) electrons. The van der Waals surface area contributed by atoms with Crippen LogP contribution in [0.15, 0.2) is 11.0 Å². The molecule has 2 rings (SSSR count). The van der Waals surface area contributed by atoms with Crippen molar-refractivity contribution < 1.29 is 24.2 Å². The van der Waals surface area contributed by atoms with Gasteiger partial charge in [-0.2, -0.15) is 0 Å². The van der Waals surface area contributed by atoms with Crippen molar-refractivity contribution in [3.8, 4) is 0 Å². The van der Waals surface area contributed by atoms with Crippen LogP contribution in [0.5, 0.6) is 0 Å². The number of ether oxygens (including phenoxy) is 1. The summed E-state index contributed by atoms with van der Waals surface area (Å²) in [4.78, 5) is -1.85. The van der Waals surface area contributed by atoms with Crippen LogP contribution in [-0.4, -0.2) is 24.0 Å². The van der Waals surface area contributed by atoms with E-state index in [1.165, 1.54) is 0 Å². The number of halogens is 7. The number of rotatable bonds is 3. The summed E-state index contributed by atoms with van der Waals surface area (Å²) in [5, 5.41) is 0. The Hall–Kier alpha value is 0.280. The largest absolute Gasteiger partial charge is 0.365 e. The molecule has 1 nitrogen and oxygen atoms in total. The summed E-state index contributed by atoms with van der Waals surface area (Å²) in [7, 11) is -9.65. The molecule has 0 N–H and O–H groups in total. The molecule has 0 unspecified atom stereocenters. The van der Waals surface area contributed by atoms with Gasteiger partial charge in [-0.3, -0.25) is 0 Å². The van der Waals surface area contributed by atoms with Gasteiger partial charge in [0, 0.05) is 23.6 Å². The molecule has 2 heterocycles. The van der Waals surface area contributed by atoms with Crippen molar-refractivity contribution >= 4 is 33.4 Å². The van der Waals surface area contributed by atoms with Gasteiger partial charge in [-0.15, -0.1) is 23.2 Å². The van der Waals surface area contributed by atoms with Crippen molar-refractivity contribution in [1.29, 1.82) is 0 Å². The van der Waals surface area contributed by atoms with Gasteiger partial charge in [-0.25, -0.2) is 0 Å². The maximum atomic E-state index is 12.7. The minimum atomic E-state index is -9.65. The van der Waals surface area contributed by atoms with E-state index in [4.69, 9.17) is 27.9 Å². The third kappa shape index (κ3) is 2.27. The summed E-state index contributed by atoms with van der Waals surface area (Å²) >= 11 is 11.1. The number of hydrogen-bond donors (Lipinski definition) is 0. The zero-order valence-corrected chi connectivity index (χ0v) is 10.6. The van der Waals surface area contributed by atoms with E-state index < -0.39 is 39.2 Å². The predicted molar refractivity (Wildman–Crippen MR) is 58.3 cm³/mol. The van der Waals surface area contributed by atoms with Gasteiger partial charge in [-0.05, 0) is 6.08 Å². The highest BCUT2D eigenvalue weighted by Gasteiger charge is 2.73. The Morgan fingerprint density at radius 3 is 2.00 bits per heavy atom. The Kier molecular flexibility index (Phi) is 2.61. The van der Waals surface area contributed by atoms with E-state index in [1.807, 2.05) is 0 Å². The van der Waals surface area contributed by atoms with Gasteiger partial charge in [0.1, 0.15) is 11.0 Å². The standard InChI is InChI=1S/C8H9Cl2F5OS/c9-2-4-5(3-10)8-7(1-6(4)16-8)17(11,12,13,14)15/h1,4-6,8H,2-3H2/t4-,5+,6+,8+/m1/s1. The van der Waals surface area contributed by atoms with Crippen LogP contribution in [0.3, 0.4) is 0 Å². The molecule has 4 atom stereocenters. The molecule has 0 aliphatic carbocycles. The van der Waals surface area contributed by atoms with Crippen LogP contribution in [0, 0.1) is 11.8 Å². The van der Waals surface area contributed by atoms with Crippen LogP contribution < -0.4 is 0 Å². The van der Waals surface area contributed by atoms with E-state index in [1.54, 1.807) is 0 Å². The Labute approximate surface area is 105 Å². The van der Waals surface area contributed by atoms with Crippen LogP contribution >= 0.6 is 33.4 Å². The average molecular weight is 319 g/mol. The highest BCUT2D eigenvalue weighted by Crippen LogP contribution is 3.03. The lowest BCUT2D eigenvalue weighted by molar-refractivity contribution is 0.102. The summed E-state index contributed by atoms with van der Waals surface area (Å²) < 4.78 is 68.4. The topological polar surface area (TPSA) is 9.23 Å². The van der Waals surface area contributed by atoms with E-state index in [0.717, 1.165) is 0 Å². The molecular weight excluding hydrogens is 310 g/mol. The van der Waals surface area contributed by atoms with Crippen molar-refractivity contribution in [3.63, 3.8) is 0 Å². The summed E-state index contributed by atoms with van der Waals surface area (Å²) in [6.45, 7) is 0. The lowest BCUT2D eigenvalue weighted by atomic mass is 9.85. The molecule has 2 aliphatic heterocycles. The monoisotopic (exact) mass is 318 g/mol. The first-order valence-corrected chi connectivity index (χ1v) is 7.73. The normalized spacial score (nSPS) is 41.0. The first-order chi connectivity index (χ1) is 7.47. The summed E-state index contributed by atoms with van der Waals surface area (Å²) in [6.07, 6.45) is -2.24. The molecule has 0 aromatic rings. The van der Waals surface area contributed by atoms with E-state index >= 15 is 0 Å². The average Bonchev–Trinajstić information content (AvgIpc) is 2.69. The number of hydrogen-bond acceptors (Lipinski definition) is 1. The smallest absolute Gasteiger partial charge is 0.309 e. The van der Waals surface area contributed by atoms with Crippen molar-refractivity contribution in [2.45, 2.75) is 12.2 Å². The van der Waals surface area contributed by atoms with E-state index in [9.17, 15) is 19.4 Å². The zero-order valence-electron chi connectivity index (χ0n) is 8.26. The zero-order chi connectivity index (χ0) is 13.1. The molecule has 2 bridgehead atoms. The Morgan fingerprint density at radius 1 is 1.06 bits per heavy atom. The highest BCUT2D eigenvalue weighted by atomic mass is 35.5. The predicted octanol–water partition coefficient (Wildman–Crippen LogP) is 4.66. The Bertz CT molecular complexity index is 380. The third-order valence-electron chi connectivity index (χ3n) is 3.08. The molecule has 17 heavy (non-hydrogen) atoms. The first kappa shape index (κ1) is 13.7. The molecule has 0 amide bonds. The molecule has 0 spiro atoms. The van der Waals surface area contributed by atoms with Gasteiger partial charge in [-0.1, -0.05) is 19.4 Å². The van der Waals surface area contributed by atoms with Gasteiger partial charge in [0.2, 0.25) is 0 Å². The van der Waals surface area contributed by atoms with Crippen LogP contribution in [0.4, 0.5) is 19.4 Å². The van der Waals surface area contributed by atoms with Gasteiger partial charge < -0.3 is 4.74 Å². The maximum absolute atomic E-state index is 12.7. The van der Waals surface area contributed by atoms with Crippen molar-refractivity contribution in [1.82, 2.24) is 0 Å². The quantitative estimate of drug-likeness (QED) is 0.543. The second kappa shape index (κ2) is 3.23. The Balaban J connectivity index is 2.42. The van der Waals surface area contributed by atoms with Crippen LogP contribution in [-0.2, 0) is 4.74 Å². The van der Waals surface area contributed by atoms with Crippen LogP contribution in [0.25, 0.3) is 0 Å². The molecule has 0 aromatic carbocycles. The first-order valence-electron chi connectivity index (χ1n) is 4.71. The van der Waals surface area contributed by atoms with E-state index in [-0.39, 0.29) is 11.8 Å². The van der Waals surface area contributed by atoms with Crippen molar-refractivity contribution in [3.05, 3.63) is 11.0 Å². The van der Waals surface area contributed by atoms with Crippen LogP contribution in [0.2, 0.25) is 0 Å². The molecule has 9 heteroatoms. The SMILES string of the molecule is FS(F)(F)(F)(F)C1=C[C@@H]2O[C@H]1[C@@H](CCl)[C@H]2CCl. The lowest BCUT2D eigenvalue weighted by Crippen LogP contribution is -2.32. The fourth-order valence-electron chi connectivity index (χ4n) is 2.28. The Morgan fingerprint density at radius 2 is 1.59 bits per heavy atom. The summed E-state index contributed by atoms with van der Waals surface area (Å²) in [5.74, 6) is -1.42. The lowest BCUT2D eigenvalue weighted by Gasteiger charge is -2.44. The maximum Gasteiger partial charge on any atom is 0.309 e. The second-order valence-electron chi connectivity index (χ2n) is 4.20. The molecule has 0 aromatic heterocycles. The van der Waals surface area contributed by atoms with Crippen molar-refractivity contribution in [2.75, 3.05) is 11.8 Å². The molecule has 1 fully saturated rings. The fourth-order valence-corrected chi connectivity index (χ4v) is 4.14. The molecular formula is C8H9Cl2F5OS. The van der Waals surface area contributed by atoms with Gasteiger partial charge in [0.15, 0.2) is 0 Å². The molecule has 0 saturated carbocycles. The summed E-state index contributed by atoms with van der Waals surface area (Å²) in [5.41, 5.74) is 0. The van der Waals surface area contributed by atoms with E-state index in [2.05, 4.69) is 0 Å². The molecule has 2 aliphatic rings. The summed E-state index contributed by atoms with van der Waals surface area (Å²) in [6, 6.07) is 0. The highest BCUT2D eigenvalue weighted by molar-refractivity contribution is 8.48.